The molecule has 0 radical (unpaired) electrons. The van der Waals surface area contributed by atoms with Gasteiger partial charge < -0.3 is 18.6 Å². The van der Waals surface area contributed by atoms with E-state index in [1.165, 1.54) is 5.56 Å². The molecule has 0 aromatic heterocycles. The maximum atomic E-state index is 14.6. The van der Waals surface area contributed by atoms with Crippen LogP contribution in [0, 0.1) is 0 Å². The number of hydrogen-bond donors (Lipinski definition) is 2. The van der Waals surface area contributed by atoms with E-state index in [1.54, 1.807) is 0 Å². The van der Waals surface area contributed by atoms with E-state index in [-0.39, 0.29) is 23.0 Å². The number of nitrogens with one attached hydrogen (secondary N) is 1. The van der Waals surface area contributed by atoms with E-state index >= 15 is 0 Å². The molecule has 2 rings (SSSR count). The fourth-order valence-electron chi connectivity index (χ4n) is 4.77. The molecule has 0 saturated carbocycles. The van der Waals surface area contributed by atoms with Crippen molar-refractivity contribution in [2.45, 2.75) is 105 Å². The van der Waals surface area contributed by atoms with Gasteiger partial charge in [-0.25, -0.2) is 0 Å². The number of quaternary nitrogens is 1. The van der Waals surface area contributed by atoms with Crippen LogP contribution in [0.2, 0.25) is 0 Å². The Morgan fingerprint density at radius 3 is 1.74 bits per heavy atom. The minimum Gasteiger partial charge on any atom is -0.507 e. The smallest absolute Gasteiger partial charge is 0.352 e. The summed E-state index contributed by atoms with van der Waals surface area (Å²) in [6, 6.07) is 14.4. The second-order valence-corrected chi connectivity index (χ2v) is 16.0. The number of rotatable bonds is 12. The first-order valence-corrected chi connectivity index (χ1v) is 15.8. The minimum atomic E-state index is -3.67. The molecule has 39 heavy (non-hydrogen) atoms. The summed E-state index contributed by atoms with van der Waals surface area (Å²) in [6.07, 6.45) is -0.573. The van der Waals surface area contributed by atoms with Gasteiger partial charge in [0.15, 0.2) is 0 Å². The molecule has 0 aliphatic heterocycles. The molecule has 0 aliphatic rings. The SMILES string of the molecule is CC(C)OP(=O)(OC(C)C)C(NCC[N+](C)(C)Cc1ccccc1)c1cc(C(C)(C)C)c(O)c(C(C)(C)C)c1. The average Bonchev–Trinajstić information content (AvgIpc) is 2.74. The number of benzene rings is 2. The highest BCUT2D eigenvalue weighted by Crippen LogP contribution is 2.62. The zero-order valence-electron chi connectivity index (χ0n) is 26.5. The van der Waals surface area contributed by atoms with Gasteiger partial charge in [0.25, 0.3) is 0 Å². The molecule has 0 heterocycles. The summed E-state index contributed by atoms with van der Waals surface area (Å²) in [7, 11) is 0.734. The van der Waals surface area contributed by atoms with Crippen LogP contribution < -0.4 is 5.32 Å². The van der Waals surface area contributed by atoms with Crippen LogP contribution in [0.1, 0.15) is 97.3 Å². The average molecular weight is 562 g/mol. The predicted octanol–water partition coefficient (Wildman–Crippen LogP) is 7.90. The summed E-state index contributed by atoms with van der Waals surface area (Å²) in [4.78, 5) is 0. The summed E-state index contributed by atoms with van der Waals surface area (Å²) in [5.74, 6) is -0.399. The zero-order chi connectivity index (χ0) is 29.8. The largest absolute Gasteiger partial charge is 0.507 e. The summed E-state index contributed by atoms with van der Waals surface area (Å²) >= 11 is 0. The Kier molecular flexibility index (Phi) is 11.1. The van der Waals surface area contributed by atoms with E-state index in [9.17, 15) is 9.67 Å². The lowest BCUT2D eigenvalue weighted by atomic mass is 9.78. The maximum absolute atomic E-state index is 14.6. The van der Waals surface area contributed by atoms with Crippen molar-refractivity contribution in [1.82, 2.24) is 5.32 Å². The van der Waals surface area contributed by atoms with Crippen molar-refractivity contribution in [2.24, 2.45) is 0 Å². The van der Waals surface area contributed by atoms with Gasteiger partial charge in [0, 0.05) is 12.1 Å². The number of nitrogens with zero attached hydrogens (tertiary/aromatic N) is 1. The van der Waals surface area contributed by atoms with Crippen LogP contribution in [-0.4, -0.2) is 49.0 Å². The molecule has 7 heteroatoms. The Hall–Kier alpha value is -1.69. The van der Waals surface area contributed by atoms with Crippen LogP contribution in [0.3, 0.4) is 0 Å². The lowest BCUT2D eigenvalue weighted by Crippen LogP contribution is -2.44. The fourth-order valence-corrected chi connectivity index (χ4v) is 7.10. The molecule has 1 atom stereocenters. The summed E-state index contributed by atoms with van der Waals surface area (Å²) in [6.45, 7) is 22.3. The fraction of sp³-hybridized carbons (Fsp3) is 0.625. The van der Waals surface area contributed by atoms with Gasteiger partial charge >= 0.3 is 7.60 Å². The van der Waals surface area contributed by atoms with E-state index in [4.69, 9.17) is 9.05 Å². The van der Waals surface area contributed by atoms with E-state index in [2.05, 4.69) is 85.2 Å². The van der Waals surface area contributed by atoms with Gasteiger partial charge in [0.2, 0.25) is 0 Å². The van der Waals surface area contributed by atoms with Gasteiger partial charge in [0.05, 0.1) is 32.8 Å². The van der Waals surface area contributed by atoms with Gasteiger partial charge in [-0.15, -0.1) is 0 Å². The Balaban J connectivity index is 2.58. The highest BCUT2D eigenvalue weighted by molar-refractivity contribution is 7.54. The van der Waals surface area contributed by atoms with E-state index < -0.39 is 13.4 Å². The van der Waals surface area contributed by atoms with Gasteiger partial charge in [-0.1, -0.05) is 71.9 Å². The molecule has 2 aromatic carbocycles. The summed E-state index contributed by atoms with van der Waals surface area (Å²) < 4.78 is 27.6. The van der Waals surface area contributed by atoms with Crippen molar-refractivity contribution in [3.05, 3.63) is 64.7 Å². The van der Waals surface area contributed by atoms with Gasteiger partial charge in [0.1, 0.15) is 18.1 Å². The number of phenols is 1. The van der Waals surface area contributed by atoms with Crippen LogP contribution in [0.25, 0.3) is 0 Å². The molecule has 1 unspecified atom stereocenters. The third kappa shape index (κ3) is 9.72. The maximum Gasteiger partial charge on any atom is 0.352 e. The second-order valence-electron chi connectivity index (χ2n) is 14.0. The second kappa shape index (κ2) is 12.9. The topological polar surface area (TPSA) is 67.8 Å². The number of likely N-dealkylation sites (N-methyl/N-ethyl adjacent to an activating group) is 1. The molecule has 0 spiro atoms. The molecule has 220 valence electrons. The predicted molar refractivity (Wildman–Crippen MR) is 163 cm³/mol. The molecule has 2 N–H and O–H groups in total. The van der Waals surface area contributed by atoms with Crippen molar-refractivity contribution < 1.29 is 23.2 Å². The van der Waals surface area contributed by atoms with Gasteiger partial charge in [-0.2, -0.15) is 0 Å². The third-order valence-corrected chi connectivity index (χ3v) is 9.15. The molecule has 6 nitrogen and oxygen atoms in total. The molecule has 0 fully saturated rings. The first-order chi connectivity index (χ1) is 17.7. The molecule has 0 bridgehead atoms. The van der Waals surface area contributed by atoms with Crippen molar-refractivity contribution in [3.8, 4) is 5.75 Å². The van der Waals surface area contributed by atoms with Crippen LogP contribution in [0.4, 0.5) is 0 Å². The minimum absolute atomic E-state index is 0.287. The quantitative estimate of drug-likeness (QED) is 0.204. The van der Waals surface area contributed by atoms with E-state index in [0.29, 0.717) is 12.3 Å². The number of phenolic OH excluding ortho intramolecular Hbond substituents is 1. The highest BCUT2D eigenvalue weighted by atomic mass is 31.2. The van der Waals surface area contributed by atoms with Crippen LogP contribution in [-0.2, 0) is 31.0 Å². The lowest BCUT2D eigenvalue weighted by Gasteiger charge is -2.35. The summed E-state index contributed by atoms with van der Waals surface area (Å²) in [5.41, 5.74) is 3.08. The molecule has 0 amide bonds. The van der Waals surface area contributed by atoms with Crippen molar-refractivity contribution in [2.75, 3.05) is 27.2 Å². The van der Waals surface area contributed by atoms with Crippen LogP contribution in [0.5, 0.6) is 5.75 Å². The Bertz CT molecular complexity index is 1070. The van der Waals surface area contributed by atoms with E-state index in [0.717, 1.165) is 34.3 Å². The monoisotopic (exact) mass is 561 g/mol. The molecule has 0 saturated heterocycles. The molecule has 2 aromatic rings. The van der Waals surface area contributed by atoms with Gasteiger partial charge in [-0.3, -0.25) is 9.88 Å². The molecular weight excluding hydrogens is 507 g/mol. The first-order valence-electron chi connectivity index (χ1n) is 14.2. The van der Waals surface area contributed by atoms with Crippen molar-refractivity contribution in [1.29, 1.82) is 0 Å². The van der Waals surface area contributed by atoms with Crippen molar-refractivity contribution in [3.63, 3.8) is 0 Å². The standard InChI is InChI=1S/C32H53N2O4P/c1-23(2)37-39(36,38-24(3)4)30(33-18-19-34(11,12)22-25-16-14-13-15-17-25)26-20-27(31(5,6)7)29(35)28(21-26)32(8,9)10/h13-17,20-21,23-24,30,33H,18-19,22H2,1-12H3/p+1. The number of hydrogen-bond acceptors (Lipinski definition) is 5. The summed E-state index contributed by atoms with van der Waals surface area (Å²) in [5, 5.41) is 14.9. The lowest BCUT2D eigenvalue weighted by molar-refractivity contribution is -0.902. The molecular formula is C32H54N2O4P+. The highest BCUT2D eigenvalue weighted by Gasteiger charge is 2.41. The Labute approximate surface area is 238 Å². The normalized spacial score (nSPS) is 14.3. The first kappa shape index (κ1) is 33.5. The zero-order valence-corrected chi connectivity index (χ0v) is 27.4. The number of aromatic hydroxyl groups is 1. The van der Waals surface area contributed by atoms with Gasteiger partial charge in [-0.05, 0) is 67.3 Å². The molecule has 0 aliphatic carbocycles. The van der Waals surface area contributed by atoms with Crippen LogP contribution in [0.15, 0.2) is 42.5 Å². The van der Waals surface area contributed by atoms with Crippen LogP contribution >= 0.6 is 7.60 Å². The van der Waals surface area contributed by atoms with Crippen molar-refractivity contribution >= 4 is 7.60 Å². The Morgan fingerprint density at radius 2 is 1.33 bits per heavy atom. The third-order valence-electron chi connectivity index (χ3n) is 6.60. The van der Waals surface area contributed by atoms with E-state index in [1.807, 2.05) is 45.9 Å². The Morgan fingerprint density at radius 1 is 0.872 bits per heavy atom.